The third kappa shape index (κ3) is 5.64. The number of fused-ring (bicyclic) bond motifs is 1. The van der Waals surface area contributed by atoms with Crippen molar-refractivity contribution in [2.24, 2.45) is 0 Å². The molecule has 0 aliphatic carbocycles. The molecule has 3 aromatic carbocycles. The smallest absolute Gasteiger partial charge is 0.268 e. The molecular weight excluding hydrogens is 465 g/mol. The highest BCUT2D eigenvalue weighted by molar-refractivity contribution is 6.01. The van der Waals surface area contributed by atoms with E-state index in [1.54, 1.807) is 28.8 Å². The van der Waals surface area contributed by atoms with Crippen molar-refractivity contribution in [2.75, 3.05) is 13.2 Å². The fraction of sp³-hybridized carbons (Fsp3) is 0.185. The standard InChI is InChI=1S/C27H26FN3O5/c28-20-8-5-18(6-9-20)15-31-22-4-2-1-3-19(22)14-23(31)27(36)30-21(16-32)26(35)29-12-11-17-7-10-24(33)25(34)13-17/h1-10,13-14,21,32-34H,11-12,15-16H2,(H,29,35)(H,30,36)/t21-/m0/s1. The highest BCUT2D eigenvalue weighted by Gasteiger charge is 2.23. The summed E-state index contributed by atoms with van der Waals surface area (Å²) in [4.78, 5) is 25.8. The number of nitrogens with zero attached hydrogens (tertiary/aromatic N) is 1. The number of benzene rings is 3. The number of aromatic hydroxyl groups is 2. The van der Waals surface area contributed by atoms with E-state index in [4.69, 9.17) is 0 Å². The number of halogens is 1. The SMILES string of the molecule is O=C(N[C@@H](CO)C(=O)NCCc1ccc(O)c(O)c1)c1cc2ccccc2n1Cc1ccc(F)cc1. The van der Waals surface area contributed by atoms with Crippen molar-refractivity contribution in [1.29, 1.82) is 0 Å². The van der Waals surface area contributed by atoms with Gasteiger partial charge in [-0.1, -0.05) is 36.4 Å². The third-order valence-electron chi connectivity index (χ3n) is 5.85. The summed E-state index contributed by atoms with van der Waals surface area (Å²) < 4.78 is 15.1. The minimum absolute atomic E-state index is 0.195. The summed E-state index contributed by atoms with van der Waals surface area (Å²) >= 11 is 0. The lowest BCUT2D eigenvalue weighted by atomic mass is 10.1. The van der Waals surface area contributed by atoms with Gasteiger partial charge in [0.1, 0.15) is 17.6 Å². The Kier molecular flexibility index (Phi) is 7.50. The van der Waals surface area contributed by atoms with Gasteiger partial charge in [0.05, 0.1) is 6.61 Å². The van der Waals surface area contributed by atoms with Crippen molar-refractivity contribution in [1.82, 2.24) is 15.2 Å². The second-order valence-corrected chi connectivity index (χ2v) is 8.37. The van der Waals surface area contributed by atoms with Crippen molar-refractivity contribution in [2.45, 2.75) is 19.0 Å². The average Bonchev–Trinajstić information content (AvgIpc) is 3.24. The van der Waals surface area contributed by atoms with Gasteiger partial charge in [-0.3, -0.25) is 9.59 Å². The van der Waals surface area contributed by atoms with Crippen LogP contribution in [0.5, 0.6) is 11.5 Å². The minimum Gasteiger partial charge on any atom is -0.504 e. The molecule has 186 valence electrons. The molecule has 2 amide bonds. The first-order valence-corrected chi connectivity index (χ1v) is 11.4. The molecule has 4 aromatic rings. The first-order valence-electron chi connectivity index (χ1n) is 11.4. The second-order valence-electron chi connectivity index (χ2n) is 8.37. The van der Waals surface area contributed by atoms with Gasteiger partial charge in [-0.15, -0.1) is 0 Å². The Morgan fingerprint density at radius 2 is 1.64 bits per heavy atom. The van der Waals surface area contributed by atoms with Gasteiger partial charge < -0.3 is 30.5 Å². The normalized spacial score (nSPS) is 11.8. The van der Waals surface area contributed by atoms with E-state index < -0.39 is 24.5 Å². The van der Waals surface area contributed by atoms with E-state index in [0.717, 1.165) is 16.5 Å². The van der Waals surface area contributed by atoms with E-state index in [0.29, 0.717) is 24.2 Å². The second kappa shape index (κ2) is 10.9. The fourth-order valence-electron chi connectivity index (χ4n) is 3.95. The number of para-hydroxylation sites is 1. The largest absolute Gasteiger partial charge is 0.504 e. The highest BCUT2D eigenvalue weighted by atomic mass is 19.1. The number of hydrogen-bond donors (Lipinski definition) is 5. The van der Waals surface area contributed by atoms with Crippen molar-refractivity contribution >= 4 is 22.7 Å². The van der Waals surface area contributed by atoms with Crippen LogP contribution in [-0.4, -0.2) is 50.9 Å². The molecule has 1 atom stereocenters. The van der Waals surface area contributed by atoms with Gasteiger partial charge in [0.25, 0.3) is 5.91 Å². The molecule has 4 rings (SSSR count). The Hall–Kier alpha value is -4.37. The number of carbonyl (C=O) groups is 2. The molecule has 0 radical (unpaired) electrons. The molecule has 0 aliphatic heterocycles. The lowest BCUT2D eigenvalue weighted by molar-refractivity contribution is -0.123. The minimum atomic E-state index is -1.18. The zero-order valence-corrected chi connectivity index (χ0v) is 19.3. The maximum Gasteiger partial charge on any atom is 0.268 e. The molecule has 0 fully saturated rings. The van der Waals surface area contributed by atoms with Gasteiger partial charge in [-0.05, 0) is 53.9 Å². The van der Waals surface area contributed by atoms with Crippen LogP contribution in [0.3, 0.4) is 0 Å². The number of nitrogens with one attached hydrogen (secondary N) is 2. The van der Waals surface area contributed by atoms with Crippen LogP contribution in [0.1, 0.15) is 21.6 Å². The lowest BCUT2D eigenvalue weighted by Crippen LogP contribution is -2.49. The van der Waals surface area contributed by atoms with Crippen molar-refractivity contribution in [3.05, 3.63) is 95.4 Å². The Morgan fingerprint density at radius 3 is 2.36 bits per heavy atom. The quantitative estimate of drug-likeness (QED) is 0.230. The number of aliphatic hydroxyl groups excluding tert-OH is 1. The van der Waals surface area contributed by atoms with E-state index in [1.807, 2.05) is 24.3 Å². The van der Waals surface area contributed by atoms with Gasteiger partial charge >= 0.3 is 0 Å². The molecule has 8 nitrogen and oxygen atoms in total. The average molecular weight is 492 g/mol. The summed E-state index contributed by atoms with van der Waals surface area (Å²) in [6.07, 6.45) is 0.373. The molecule has 0 saturated carbocycles. The molecule has 0 unspecified atom stereocenters. The van der Waals surface area contributed by atoms with E-state index in [2.05, 4.69) is 10.6 Å². The first kappa shape index (κ1) is 24.7. The zero-order valence-electron chi connectivity index (χ0n) is 19.3. The molecule has 5 N–H and O–H groups in total. The van der Waals surface area contributed by atoms with E-state index in [-0.39, 0.29) is 23.9 Å². The monoisotopic (exact) mass is 491 g/mol. The molecule has 0 saturated heterocycles. The summed E-state index contributed by atoms with van der Waals surface area (Å²) in [5.74, 6) is -1.94. The number of hydrogen-bond acceptors (Lipinski definition) is 5. The Bertz CT molecular complexity index is 1380. The molecule has 36 heavy (non-hydrogen) atoms. The van der Waals surface area contributed by atoms with Crippen LogP contribution < -0.4 is 10.6 Å². The number of rotatable bonds is 9. The molecule has 0 spiro atoms. The van der Waals surface area contributed by atoms with Crippen LogP contribution in [0.15, 0.2) is 72.8 Å². The first-order chi connectivity index (χ1) is 17.4. The van der Waals surface area contributed by atoms with Crippen LogP contribution in [0.4, 0.5) is 4.39 Å². The van der Waals surface area contributed by atoms with Crippen LogP contribution in [0.2, 0.25) is 0 Å². The number of phenols is 2. The highest BCUT2D eigenvalue weighted by Crippen LogP contribution is 2.25. The van der Waals surface area contributed by atoms with Crippen LogP contribution in [-0.2, 0) is 17.8 Å². The van der Waals surface area contributed by atoms with Gasteiger partial charge in [0.2, 0.25) is 5.91 Å². The predicted octanol–water partition coefficient (Wildman–Crippen LogP) is 2.69. The summed E-state index contributed by atoms with van der Waals surface area (Å²) in [6.45, 7) is -0.0952. The summed E-state index contributed by atoms with van der Waals surface area (Å²) in [7, 11) is 0. The van der Waals surface area contributed by atoms with Crippen molar-refractivity contribution in [3.8, 4) is 11.5 Å². The number of amides is 2. The maximum absolute atomic E-state index is 13.3. The molecule has 0 aliphatic rings. The zero-order chi connectivity index (χ0) is 25.7. The molecular formula is C27H26FN3O5. The van der Waals surface area contributed by atoms with Crippen LogP contribution >= 0.6 is 0 Å². The van der Waals surface area contributed by atoms with Crippen LogP contribution in [0, 0.1) is 5.82 Å². The fourth-order valence-corrected chi connectivity index (χ4v) is 3.95. The van der Waals surface area contributed by atoms with Gasteiger partial charge in [0, 0.05) is 24.0 Å². The van der Waals surface area contributed by atoms with Crippen molar-refractivity contribution < 1.29 is 29.3 Å². The topological polar surface area (TPSA) is 124 Å². The lowest BCUT2D eigenvalue weighted by Gasteiger charge is -2.17. The Morgan fingerprint density at radius 1 is 0.917 bits per heavy atom. The van der Waals surface area contributed by atoms with Crippen LogP contribution in [0.25, 0.3) is 10.9 Å². The van der Waals surface area contributed by atoms with Gasteiger partial charge in [-0.25, -0.2) is 4.39 Å². The van der Waals surface area contributed by atoms with E-state index >= 15 is 0 Å². The number of carbonyl (C=O) groups excluding carboxylic acids is 2. The number of aromatic nitrogens is 1. The van der Waals surface area contributed by atoms with E-state index in [9.17, 15) is 29.3 Å². The summed E-state index contributed by atoms with van der Waals surface area (Å²) in [5, 5.41) is 34.8. The Labute approximate surface area is 206 Å². The molecule has 1 heterocycles. The summed E-state index contributed by atoms with van der Waals surface area (Å²) in [6, 6.07) is 18.3. The van der Waals surface area contributed by atoms with Gasteiger partial charge in [0.15, 0.2) is 11.5 Å². The number of aliphatic hydroxyl groups is 1. The number of phenolic OH excluding ortho intramolecular Hbond substituents is 2. The summed E-state index contributed by atoms with van der Waals surface area (Å²) in [5.41, 5.74) is 2.59. The Balaban J connectivity index is 1.46. The maximum atomic E-state index is 13.3. The third-order valence-corrected chi connectivity index (χ3v) is 5.85. The van der Waals surface area contributed by atoms with E-state index in [1.165, 1.54) is 24.3 Å². The predicted molar refractivity (Wildman–Crippen MR) is 132 cm³/mol. The molecule has 0 bridgehead atoms. The molecule has 9 heteroatoms. The van der Waals surface area contributed by atoms with Gasteiger partial charge in [-0.2, -0.15) is 0 Å². The van der Waals surface area contributed by atoms with Crippen molar-refractivity contribution in [3.63, 3.8) is 0 Å². The molecule has 1 aromatic heterocycles.